The summed E-state index contributed by atoms with van der Waals surface area (Å²) in [5.74, 6) is 0.681. The van der Waals surface area contributed by atoms with Crippen molar-refractivity contribution in [1.29, 1.82) is 0 Å². The zero-order valence-electron chi connectivity index (χ0n) is 15.9. The second-order valence-electron chi connectivity index (χ2n) is 6.72. The van der Waals surface area contributed by atoms with E-state index in [1.54, 1.807) is 0 Å². The van der Waals surface area contributed by atoms with Gasteiger partial charge in [-0.3, -0.25) is 4.79 Å². The molecule has 1 unspecified atom stereocenters. The minimum absolute atomic E-state index is 0.0454. The van der Waals surface area contributed by atoms with Crippen LogP contribution in [0.3, 0.4) is 0 Å². The van der Waals surface area contributed by atoms with Crippen LogP contribution in [0.2, 0.25) is 0 Å². The molecule has 23 heavy (non-hydrogen) atoms. The van der Waals surface area contributed by atoms with Crippen molar-refractivity contribution in [2.45, 2.75) is 104 Å². The van der Waals surface area contributed by atoms with Gasteiger partial charge < -0.3 is 4.74 Å². The lowest BCUT2D eigenvalue weighted by atomic mass is 10.0. The second kappa shape index (κ2) is 17.6. The first-order valence-electron chi connectivity index (χ1n) is 10.0. The van der Waals surface area contributed by atoms with Crippen LogP contribution in [0.1, 0.15) is 104 Å². The number of carbonyl (C=O) groups excluding carboxylic acids is 1. The normalized spacial score (nSPS) is 12.7. The van der Waals surface area contributed by atoms with E-state index < -0.39 is 0 Å². The molecular weight excluding hydrogens is 284 g/mol. The lowest BCUT2D eigenvalue weighted by Crippen LogP contribution is -2.03. The molecule has 0 radical (unpaired) electrons. The third-order valence-corrected chi connectivity index (χ3v) is 4.28. The molecule has 0 aromatic rings. The van der Waals surface area contributed by atoms with Crippen molar-refractivity contribution in [2.24, 2.45) is 5.92 Å². The fraction of sp³-hybridized carbons (Fsp3) is 0.857. The van der Waals surface area contributed by atoms with Crippen LogP contribution in [-0.2, 0) is 9.53 Å². The number of unbranched alkanes of at least 4 members (excludes halogenated alkanes) is 9. The van der Waals surface area contributed by atoms with E-state index in [0.717, 1.165) is 18.8 Å². The molecule has 0 aliphatic rings. The van der Waals surface area contributed by atoms with E-state index in [-0.39, 0.29) is 5.97 Å². The fourth-order valence-corrected chi connectivity index (χ4v) is 2.79. The van der Waals surface area contributed by atoms with Crippen LogP contribution < -0.4 is 0 Å². The number of esters is 1. The number of carbonyl (C=O) groups is 1. The third-order valence-electron chi connectivity index (χ3n) is 4.28. The van der Waals surface area contributed by atoms with Gasteiger partial charge in [0.2, 0.25) is 0 Å². The average molecular weight is 325 g/mol. The Bertz CT molecular complexity index is 284. The molecule has 0 saturated heterocycles. The summed E-state index contributed by atoms with van der Waals surface area (Å²) >= 11 is 0. The number of rotatable bonds is 16. The third kappa shape index (κ3) is 17.4. The monoisotopic (exact) mass is 324 g/mol. The predicted octanol–water partition coefficient (Wildman–Crippen LogP) is 6.83. The summed E-state index contributed by atoms with van der Waals surface area (Å²) in [5.41, 5.74) is 0. The maximum Gasteiger partial charge on any atom is 0.305 e. The van der Waals surface area contributed by atoms with E-state index >= 15 is 0 Å². The van der Waals surface area contributed by atoms with E-state index in [1.807, 2.05) is 6.92 Å². The van der Waals surface area contributed by atoms with Crippen molar-refractivity contribution in [2.75, 3.05) is 6.61 Å². The van der Waals surface area contributed by atoms with Gasteiger partial charge in [-0.05, 0) is 38.5 Å². The quantitative estimate of drug-likeness (QED) is 0.177. The first kappa shape index (κ1) is 22.2. The lowest BCUT2D eigenvalue weighted by Gasteiger charge is -2.06. The summed E-state index contributed by atoms with van der Waals surface area (Å²) in [7, 11) is 0. The number of hydrogen-bond acceptors (Lipinski definition) is 2. The molecule has 0 N–H and O–H groups in total. The first-order valence-corrected chi connectivity index (χ1v) is 10.0. The molecule has 0 amide bonds. The molecular formula is C21H40O2. The molecule has 0 aliphatic heterocycles. The molecule has 136 valence electrons. The number of hydrogen-bond donors (Lipinski definition) is 0. The Labute approximate surface area is 145 Å². The SMILES string of the molecule is CCCCCCCCC(C)/C=C/CCCCCCC(=O)OCC. The van der Waals surface area contributed by atoms with E-state index in [2.05, 4.69) is 26.0 Å². The highest BCUT2D eigenvalue weighted by atomic mass is 16.5. The molecule has 0 saturated carbocycles. The first-order chi connectivity index (χ1) is 11.2. The number of ether oxygens (including phenoxy) is 1. The smallest absolute Gasteiger partial charge is 0.305 e. The molecule has 0 spiro atoms. The Morgan fingerprint density at radius 2 is 1.57 bits per heavy atom. The van der Waals surface area contributed by atoms with Gasteiger partial charge in [0, 0.05) is 6.42 Å². The standard InChI is InChI=1S/C21H40O2/c1-4-6-7-8-11-14-17-20(3)18-15-12-9-10-13-16-19-21(22)23-5-2/h15,18,20H,4-14,16-17,19H2,1-3H3/b18-15+. The van der Waals surface area contributed by atoms with Gasteiger partial charge in [-0.25, -0.2) is 0 Å². The van der Waals surface area contributed by atoms with Gasteiger partial charge in [-0.1, -0.05) is 77.4 Å². The van der Waals surface area contributed by atoms with Gasteiger partial charge in [-0.2, -0.15) is 0 Å². The van der Waals surface area contributed by atoms with Crippen LogP contribution in [-0.4, -0.2) is 12.6 Å². The minimum Gasteiger partial charge on any atom is -0.466 e. The summed E-state index contributed by atoms with van der Waals surface area (Å²) in [6, 6.07) is 0. The van der Waals surface area contributed by atoms with Gasteiger partial charge in [0.15, 0.2) is 0 Å². The summed E-state index contributed by atoms with van der Waals surface area (Å²) in [4.78, 5) is 11.2. The van der Waals surface area contributed by atoms with E-state index in [1.165, 1.54) is 64.2 Å². The number of allylic oxidation sites excluding steroid dienone is 2. The molecule has 0 bridgehead atoms. The van der Waals surface area contributed by atoms with Gasteiger partial charge >= 0.3 is 5.97 Å². The Kier molecular flexibility index (Phi) is 17.0. The maximum absolute atomic E-state index is 11.2. The zero-order chi connectivity index (χ0) is 17.2. The van der Waals surface area contributed by atoms with E-state index in [4.69, 9.17) is 4.74 Å². The van der Waals surface area contributed by atoms with Gasteiger partial charge in [0.25, 0.3) is 0 Å². The molecule has 0 aliphatic carbocycles. The van der Waals surface area contributed by atoms with Crippen LogP contribution >= 0.6 is 0 Å². The van der Waals surface area contributed by atoms with Gasteiger partial charge in [-0.15, -0.1) is 0 Å². The minimum atomic E-state index is -0.0454. The van der Waals surface area contributed by atoms with Crippen molar-refractivity contribution < 1.29 is 9.53 Å². The molecule has 0 aromatic carbocycles. The summed E-state index contributed by atoms with van der Waals surface area (Å²) in [6.07, 6.45) is 20.8. The molecule has 2 nitrogen and oxygen atoms in total. The van der Waals surface area contributed by atoms with Crippen molar-refractivity contribution in [3.8, 4) is 0 Å². The van der Waals surface area contributed by atoms with Crippen LogP contribution in [0.4, 0.5) is 0 Å². The molecule has 1 atom stereocenters. The van der Waals surface area contributed by atoms with Crippen LogP contribution in [0.15, 0.2) is 12.2 Å². The molecule has 0 rings (SSSR count). The van der Waals surface area contributed by atoms with Crippen molar-refractivity contribution >= 4 is 5.97 Å². The van der Waals surface area contributed by atoms with Crippen molar-refractivity contribution in [3.63, 3.8) is 0 Å². The summed E-state index contributed by atoms with van der Waals surface area (Å²) < 4.78 is 4.92. The van der Waals surface area contributed by atoms with Gasteiger partial charge in [0.1, 0.15) is 0 Å². The lowest BCUT2D eigenvalue weighted by molar-refractivity contribution is -0.143. The topological polar surface area (TPSA) is 26.3 Å². The zero-order valence-corrected chi connectivity index (χ0v) is 15.9. The molecule has 0 aromatic heterocycles. The summed E-state index contributed by atoms with van der Waals surface area (Å²) in [6.45, 7) is 6.97. The highest BCUT2D eigenvalue weighted by Gasteiger charge is 2.00. The molecule has 2 heteroatoms. The summed E-state index contributed by atoms with van der Waals surface area (Å²) in [5, 5.41) is 0. The van der Waals surface area contributed by atoms with Crippen molar-refractivity contribution in [3.05, 3.63) is 12.2 Å². The Morgan fingerprint density at radius 1 is 0.913 bits per heavy atom. The Hall–Kier alpha value is -0.790. The van der Waals surface area contributed by atoms with Crippen LogP contribution in [0.5, 0.6) is 0 Å². The highest BCUT2D eigenvalue weighted by molar-refractivity contribution is 5.69. The molecule has 0 fully saturated rings. The molecule has 0 heterocycles. The van der Waals surface area contributed by atoms with Crippen LogP contribution in [0, 0.1) is 5.92 Å². The van der Waals surface area contributed by atoms with E-state index in [0.29, 0.717) is 13.0 Å². The van der Waals surface area contributed by atoms with Crippen LogP contribution in [0.25, 0.3) is 0 Å². The van der Waals surface area contributed by atoms with Crippen molar-refractivity contribution in [1.82, 2.24) is 0 Å². The maximum atomic E-state index is 11.2. The Morgan fingerprint density at radius 3 is 2.30 bits per heavy atom. The highest BCUT2D eigenvalue weighted by Crippen LogP contribution is 2.14. The second-order valence-corrected chi connectivity index (χ2v) is 6.72. The van der Waals surface area contributed by atoms with E-state index in [9.17, 15) is 4.79 Å². The Balaban J connectivity index is 3.33. The fourth-order valence-electron chi connectivity index (χ4n) is 2.79. The van der Waals surface area contributed by atoms with Gasteiger partial charge in [0.05, 0.1) is 6.61 Å². The predicted molar refractivity (Wildman–Crippen MR) is 101 cm³/mol. The largest absolute Gasteiger partial charge is 0.466 e. The average Bonchev–Trinajstić information content (AvgIpc) is 2.53.